The molecule has 1 heterocycles. The smallest absolute Gasteiger partial charge is 0.120 e. The predicted octanol–water partition coefficient (Wildman–Crippen LogP) is 3.69. The molecular formula is C14H17NOS. The van der Waals surface area contributed by atoms with Crippen molar-refractivity contribution in [3.05, 3.63) is 52.2 Å². The van der Waals surface area contributed by atoms with E-state index in [0.717, 1.165) is 18.5 Å². The quantitative estimate of drug-likeness (QED) is 0.844. The average Bonchev–Trinajstić information content (AvgIpc) is 2.85. The van der Waals surface area contributed by atoms with Gasteiger partial charge in [-0.2, -0.15) is 11.3 Å². The molecule has 2 aromatic rings. The number of phenols is 1. The zero-order chi connectivity index (χ0) is 12.1. The van der Waals surface area contributed by atoms with Crippen LogP contribution in [0.5, 0.6) is 5.75 Å². The molecule has 0 saturated heterocycles. The molecule has 3 heteroatoms. The second kappa shape index (κ2) is 5.84. The highest BCUT2D eigenvalue weighted by Crippen LogP contribution is 2.26. The molecule has 90 valence electrons. The van der Waals surface area contributed by atoms with Gasteiger partial charge in [0.05, 0.1) is 0 Å². The molecule has 0 aliphatic rings. The summed E-state index contributed by atoms with van der Waals surface area (Å²) in [5, 5.41) is 17.5. The van der Waals surface area contributed by atoms with Crippen molar-refractivity contribution in [3.63, 3.8) is 0 Å². The van der Waals surface area contributed by atoms with Gasteiger partial charge in [-0.1, -0.05) is 25.1 Å². The number of nitrogens with one attached hydrogen (secondary N) is 1. The fraction of sp³-hybridized carbons (Fsp3) is 0.286. The van der Waals surface area contributed by atoms with E-state index in [0.29, 0.717) is 5.75 Å². The highest BCUT2D eigenvalue weighted by Gasteiger charge is 2.12. The first-order valence-electron chi connectivity index (χ1n) is 5.83. The SMILES string of the molecule is CCC(NCc1ccsc1)c1ccccc1O. The van der Waals surface area contributed by atoms with Gasteiger partial charge in [-0.25, -0.2) is 0 Å². The van der Waals surface area contributed by atoms with Crippen LogP contribution in [0.1, 0.15) is 30.5 Å². The molecule has 1 atom stereocenters. The Hall–Kier alpha value is -1.32. The van der Waals surface area contributed by atoms with E-state index < -0.39 is 0 Å². The summed E-state index contributed by atoms with van der Waals surface area (Å²) in [6, 6.07) is 9.86. The van der Waals surface area contributed by atoms with E-state index >= 15 is 0 Å². The van der Waals surface area contributed by atoms with Gasteiger partial charge in [0.1, 0.15) is 5.75 Å². The van der Waals surface area contributed by atoms with Crippen molar-refractivity contribution in [2.24, 2.45) is 0 Å². The van der Waals surface area contributed by atoms with E-state index in [1.807, 2.05) is 18.2 Å². The number of benzene rings is 1. The lowest BCUT2D eigenvalue weighted by atomic mass is 10.0. The summed E-state index contributed by atoms with van der Waals surface area (Å²) >= 11 is 1.71. The second-order valence-electron chi connectivity index (χ2n) is 4.03. The molecule has 2 N–H and O–H groups in total. The van der Waals surface area contributed by atoms with Crippen molar-refractivity contribution in [2.45, 2.75) is 25.9 Å². The van der Waals surface area contributed by atoms with Gasteiger partial charge in [-0.05, 0) is 34.9 Å². The highest BCUT2D eigenvalue weighted by molar-refractivity contribution is 7.07. The number of aromatic hydroxyl groups is 1. The van der Waals surface area contributed by atoms with Crippen LogP contribution >= 0.6 is 11.3 Å². The minimum absolute atomic E-state index is 0.205. The molecule has 0 radical (unpaired) electrons. The Morgan fingerprint density at radius 3 is 2.76 bits per heavy atom. The normalized spacial score (nSPS) is 12.5. The summed E-state index contributed by atoms with van der Waals surface area (Å²) in [5.41, 5.74) is 2.27. The van der Waals surface area contributed by atoms with Gasteiger partial charge >= 0.3 is 0 Å². The first-order chi connectivity index (χ1) is 8.31. The van der Waals surface area contributed by atoms with Crippen LogP contribution in [-0.4, -0.2) is 5.11 Å². The van der Waals surface area contributed by atoms with Crippen molar-refractivity contribution in [3.8, 4) is 5.75 Å². The van der Waals surface area contributed by atoms with Crippen LogP contribution in [0.4, 0.5) is 0 Å². The van der Waals surface area contributed by atoms with E-state index in [2.05, 4.69) is 29.1 Å². The fourth-order valence-corrected chi connectivity index (χ4v) is 2.56. The van der Waals surface area contributed by atoms with Crippen LogP contribution in [0, 0.1) is 0 Å². The van der Waals surface area contributed by atoms with Crippen LogP contribution < -0.4 is 5.32 Å². The molecule has 1 aromatic carbocycles. The maximum Gasteiger partial charge on any atom is 0.120 e. The van der Waals surface area contributed by atoms with Crippen molar-refractivity contribution in [1.29, 1.82) is 0 Å². The number of hydrogen-bond donors (Lipinski definition) is 2. The van der Waals surface area contributed by atoms with Crippen molar-refractivity contribution >= 4 is 11.3 Å². The molecule has 1 unspecified atom stereocenters. The summed E-state index contributed by atoms with van der Waals surface area (Å²) in [4.78, 5) is 0. The Kier molecular flexibility index (Phi) is 4.18. The van der Waals surface area contributed by atoms with E-state index in [-0.39, 0.29) is 6.04 Å². The van der Waals surface area contributed by atoms with Crippen LogP contribution in [-0.2, 0) is 6.54 Å². The molecular weight excluding hydrogens is 230 g/mol. The summed E-state index contributed by atoms with van der Waals surface area (Å²) in [6.07, 6.45) is 0.960. The van der Waals surface area contributed by atoms with Crippen LogP contribution in [0.3, 0.4) is 0 Å². The number of phenolic OH excluding ortho intramolecular Hbond substituents is 1. The molecule has 2 rings (SSSR count). The van der Waals surface area contributed by atoms with Gasteiger partial charge in [0.15, 0.2) is 0 Å². The minimum atomic E-state index is 0.205. The molecule has 0 spiro atoms. The maximum absolute atomic E-state index is 9.83. The van der Waals surface area contributed by atoms with Crippen molar-refractivity contribution in [2.75, 3.05) is 0 Å². The lowest BCUT2D eigenvalue weighted by Crippen LogP contribution is -2.20. The third-order valence-electron chi connectivity index (χ3n) is 2.85. The number of rotatable bonds is 5. The number of hydrogen-bond acceptors (Lipinski definition) is 3. The Bertz CT molecular complexity index is 453. The summed E-state index contributed by atoms with van der Waals surface area (Å²) in [7, 11) is 0. The fourth-order valence-electron chi connectivity index (χ4n) is 1.89. The zero-order valence-electron chi connectivity index (χ0n) is 9.89. The van der Waals surface area contributed by atoms with Gasteiger partial charge in [0.2, 0.25) is 0 Å². The largest absolute Gasteiger partial charge is 0.508 e. The first kappa shape index (κ1) is 12.1. The third kappa shape index (κ3) is 3.08. The maximum atomic E-state index is 9.83. The summed E-state index contributed by atoms with van der Waals surface area (Å²) in [5.74, 6) is 0.372. The van der Waals surface area contributed by atoms with Gasteiger partial charge in [0.25, 0.3) is 0 Å². The van der Waals surface area contributed by atoms with Crippen molar-refractivity contribution in [1.82, 2.24) is 5.32 Å². The Morgan fingerprint density at radius 2 is 2.12 bits per heavy atom. The van der Waals surface area contributed by atoms with Gasteiger partial charge in [-0.15, -0.1) is 0 Å². The van der Waals surface area contributed by atoms with E-state index in [4.69, 9.17) is 0 Å². The van der Waals surface area contributed by atoms with Gasteiger partial charge in [0, 0.05) is 18.2 Å². The van der Waals surface area contributed by atoms with Gasteiger partial charge < -0.3 is 10.4 Å². The highest BCUT2D eigenvalue weighted by atomic mass is 32.1. The second-order valence-corrected chi connectivity index (χ2v) is 4.81. The summed E-state index contributed by atoms with van der Waals surface area (Å²) in [6.45, 7) is 2.97. The first-order valence-corrected chi connectivity index (χ1v) is 6.78. The van der Waals surface area contributed by atoms with Crippen molar-refractivity contribution < 1.29 is 5.11 Å². The number of para-hydroxylation sites is 1. The Labute approximate surface area is 106 Å². The van der Waals surface area contributed by atoms with Gasteiger partial charge in [-0.3, -0.25) is 0 Å². The molecule has 0 aliphatic heterocycles. The zero-order valence-corrected chi connectivity index (χ0v) is 10.7. The van der Waals surface area contributed by atoms with Crippen LogP contribution in [0.15, 0.2) is 41.1 Å². The lowest BCUT2D eigenvalue weighted by molar-refractivity contribution is 0.441. The third-order valence-corrected chi connectivity index (χ3v) is 3.59. The lowest BCUT2D eigenvalue weighted by Gasteiger charge is -2.18. The molecule has 0 bridgehead atoms. The molecule has 0 amide bonds. The average molecular weight is 247 g/mol. The molecule has 0 aliphatic carbocycles. The van der Waals surface area contributed by atoms with E-state index in [9.17, 15) is 5.11 Å². The monoisotopic (exact) mass is 247 g/mol. The van der Waals surface area contributed by atoms with Crippen LogP contribution in [0.2, 0.25) is 0 Å². The standard InChI is InChI=1S/C14H17NOS/c1-2-13(12-5-3-4-6-14(12)16)15-9-11-7-8-17-10-11/h3-8,10,13,15-16H,2,9H2,1H3. The topological polar surface area (TPSA) is 32.3 Å². The van der Waals surface area contributed by atoms with Crippen LogP contribution in [0.25, 0.3) is 0 Å². The minimum Gasteiger partial charge on any atom is -0.508 e. The molecule has 0 fully saturated rings. The van der Waals surface area contributed by atoms with E-state index in [1.165, 1.54) is 5.56 Å². The van der Waals surface area contributed by atoms with E-state index in [1.54, 1.807) is 17.4 Å². The Morgan fingerprint density at radius 1 is 1.29 bits per heavy atom. The number of thiophene rings is 1. The predicted molar refractivity (Wildman–Crippen MR) is 72.3 cm³/mol. The molecule has 0 saturated carbocycles. The summed E-state index contributed by atoms with van der Waals surface area (Å²) < 4.78 is 0. The molecule has 17 heavy (non-hydrogen) atoms. The Balaban J connectivity index is 2.04. The molecule has 2 nitrogen and oxygen atoms in total. The molecule has 1 aromatic heterocycles.